The van der Waals surface area contributed by atoms with E-state index in [0.29, 0.717) is 17.9 Å². The van der Waals surface area contributed by atoms with Crippen LogP contribution in [0.5, 0.6) is 11.5 Å². The van der Waals surface area contributed by atoms with E-state index in [1.54, 1.807) is 24.1 Å². The van der Waals surface area contributed by atoms with Gasteiger partial charge < -0.3 is 19.7 Å². The van der Waals surface area contributed by atoms with Crippen molar-refractivity contribution in [1.29, 1.82) is 0 Å². The van der Waals surface area contributed by atoms with Gasteiger partial charge in [-0.1, -0.05) is 67.6 Å². The number of methoxy groups -OCH3 is 1. The van der Waals surface area contributed by atoms with Crippen molar-refractivity contribution >= 4 is 11.8 Å². The minimum absolute atomic E-state index is 0.00452. The minimum atomic E-state index is -0.704. The van der Waals surface area contributed by atoms with Gasteiger partial charge in [0.2, 0.25) is 5.91 Å². The van der Waals surface area contributed by atoms with E-state index in [1.807, 2.05) is 86.6 Å². The molecule has 0 fully saturated rings. The molecule has 0 spiro atoms. The van der Waals surface area contributed by atoms with Crippen LogP contribution in [0.2, 0.25) is 0 Å². The second kappa shape index (κ2) is 13.2. The van der Waals surface area contributed by atoms with Crippen LogP contribution in [0, 0.1) is 0 Å². The number of carbonyl (C=O) groups excluding carboxylic acids is 2. The molecule has 3 aromatic rings. The van der Waals surface area contributed by atoms with E-state index < -0.39 is 6.04 Å². The molecule has 6 heteroatoms. The molecule has 0 unspecified atom stereocenters. The van der Waals surface area contributed by atoms with Gasteiger partial charge in [0.15, 0.2) is 6.61 Å². The van der Waals surface area contributed by atoms with Crippen molar-refractivity contribution in [3.05, 3.63) is 96.1 Å². The summed E-state index contributed by atoms with van der Waals surface area (Å²) in [7, 11) is 1.60. The van der Waals surface area contributed by atoms with Crippen LogP contribution < -0.4 is 14.8 Å². The van der Waals surface area contributed by atoms with Gasteiger partial charge in [0.05, 0.1) is 7.11 Å². The highest BCUT2D eigenvalue weighted by Gasteiger charge is 2.31. The minimum Gasteiger partial charge on any atom is -0.497 e. The van der Waals surface area contributed by atoms with Crippen LogP contribution in [0.25, 0.3) is 0 Å². The molecule has 0 aliphatic carbocycles. The van der Waals surface area contributed by atoms with Crippen molar-refractivity contribution in [2.75, 3.05) is 13.7 Å². The highest BCUT2D eigenvalue weighted by molar-refractivity contribution is 5.88. The highest BCUT2D eigenvalue weighted by atomic mass is 16.5. The molecule has 2 atom stereocenters. The lowest BCUT2D eigenvalue weighted by Gasteiger charge is -2.32. The van der Waals surface area contributed by atoms with Crippen LogP contribution in [0.1, 0.15) is 31.4 Å². The zero-order chi connectivity index (χ0) is 25.0. The molecule has 0 saturated carbocycles. The van der Waals surface area contributed by atoms with Crippen LogP contribution in [-0.2, 0) is 22.6 Å². The second-order valence-electron chi connectivity index (χ2n) is 8.50. The van der Waals surface area contributed by atoms with E-state index in [2.05, 4.69) is 5.32 Å². The van der Waals surface area contributed by atoms with Crippen LogP contribution in [0.3, 0.4) is 0 Å². The molecular formula is C29H34N2O4. The Morgan fingerprint density at radius 2 is 1.51 bits per heavy atom. The normalized spacial score (nSPS) is 12.3. The van der Waals surface area contributed by atoms with Gasteiger partial charge in [0.25, 0.3) is 5.91 Å². The van der Waals surface area contributed by atoms with Gasteiger partial charge >= 0.3 is 0 Å². The summed E-state index contributed by atoms with van der Waals surface area (Å²) in [6, 6.07) is 25.8. The van der Waals surface area contributed by atoms with E-state index in [1.165, 1.54) is 0 Å². The number of ether oxygens (including phenoxy) is 2. The lowest BCUT2D eigenvalue weighted by atomic mass is 10.0. The van der Waals surface area contributed by atoms with Crippen LogP contribution in [-0.4, -0.2) is 42.5 Å². The zero-order valence-corrected chi connectivity index (χ0v) is 20.6. The van der Waals surface area contributed by atoms with Gasteiger partial charge in [0, 0.05) is 19.0 Å². The quantitative estimate of drug-likeness (QED) is 0.416. The van der Waals surface area contributed by atoms with Crippen LogP contribution >= 0.6 is 0 Å². The van der Waals surface area contributed by atoms with Gasteiger partial charge in [-0.2, -0.15) is 0 Å². The third-order valence-corrected chi connectivity index (χ3v) is 5.86. The fourth-order valence-corrected chi connectivity index (χ4v) is 3.71. The van der Waals surface area contributed by atoms with Crippen LogP contribution in [0.4, 0.5) is 0 Å². The number of hydrogen-bond acceptors (Lipinski definition) is 4. The largest absolute Gasteiger partial charge is 0.497 e. The molecule has 0 radical (unpaired) electrons. The highest BCUT2D eigenvalue weighted by Crippen LogP contribution is 2.19. The average Bonchev–Trinajstić information content (AvgIpc) is 2.90. The molecule has 0 saturated heterocycles. The molecule has 0 aromatic heterocycles. The van der Waals surface area contributed by atoms with E-state index in [0.717, 1.165) is 17.5 Å². The smallest absolute Gasteiger partial charge is 0.261 e. The number of rotatable bonds is 12. The number of para-hydroxylation sites is 1. The summed E-state index contributed by atoms with van der Waals surface area (Å²) in [6.07, 6.45) is 1.19. The second-order valence-corrected chi connectivity index (χ2v) is 8.50. The monoisotopic (exact) mass is 474 g/mol. The molecule has 3 rings (SSSR count). The third-order valence-electron chi connectivity index (χ3n) is 5.86. The number of nitrogens with one attached hydrogen (secondary N) is 1. The molecular weight excluding hydrogens is 440 g/mol. The lowest BCUT2D eigenvalue weighted by Crippen LogP contribution is -2.53. The van der Waals surface area contributed by atoms with Gasteiger partial charge in [0.1, 0.15) is 17.5 Å². The van der Waals surface area contributed by atoms with Crippen molar-refractivity contribution < 1.29 is 19.1 Å². The zero-order valence-electron chi connectivity index (χ0n) is 20.6. The summed E-state index contributed by atoms with van der Waals surface area (Å²) in [4.78, 5) is 28.6. The maximum atomic E-state index is 13.6. The Morgan fingerprint density at radius 3 is 2.17 bits per heavy atom. The summed E-state index contributed by atoms with van der Waals surface area (Å²) in [5.41, 5.74) is 1.84. The molecule has 0 bridgehead atoms. The molecule has 6 nitrogen and oxygen atoms in total. The first-order valence-corrected chi connectivity index (χ1v) is 11.9. The Hall–Kier alpha value is -3.80. The number of amides is 2. The van der Waals surface area contributed by atoms with Gasteiger partial charge in [-0.25, -0.2) is 0 Å². The summed E-state index contributed by atoms with van der Waals surface area (Å²) in [5.74, 6) is 0.848. The van der Waals surface area contributed by atoms with Crippen molar-refractivity contribution in [2.45, 2.75) is 45.3 Å². The summed E-state index contributed by atoms with van der Waals surface area (Å²) < 4.78 is 11.1. The molecule has 1 N–H and O–H groups in total. The van der Waals surface area contributed by atoms with E-state index in [-0.39, 0.29) is 31.0 Å². The van der Waals surface area contributed by atoms with Crippen molar-refractivity contribution in [1.82, 2.24) is 10.2 Å². The van der Waals surface area contributed by atoms with Gasteiger partial charge in [-0.15, -0.1) is 0 Å². The average molecular weight is 475 g/mol. The Kier molecular flexibility index (Phi) is 9.72. The molecule has 184 valence electrons. The number of hydrogen-bond donors (Lipinski definition) is 1. The predicted molar refractivity (Wildman–Crippen MR) is 137 cm³/mol. The standard InChI is InChI=1S/C29H34N2O4/c1-4-22(2)30-29(33)27(19-23-12-7-5-8-13-23)31(20-24-14-11-17-26(18-24)34-3)28(32)21-35-25-15-9-6-10-16-25/h5-18,22,27H,4,19-21H2,1-3H3,(H,30,33)/t22-,27-/m1/s1. The lowest BCUT2D eigenvalue weighted by molar-refractivity contribution is -0.143. The molecule has 0 aliphatic rings. The van der Waals surface area contributed by atoms with E-state index in [4.69, 9.17) is 9.47 Å². The number of carbonyl (C=O) groups is 2. The number of benzene rings is 3. The Bertz CT molecular complexity index is 1070. The predicted octanol–water partition coefficient (Wildman–Crippen LogP) is 4.63. The first-order chi connectivity index (χ1) is 17.0. The maximum absolute atomic E-state index is 13.6. The van der Waals surface area contributed by atoms with Gasteiger partial charge in [-0.3, -0.25) is 9.59 Å². The van der Waals surface area contributed by atoms with Crippen molar-refractivity contribution in [3.63, 3.8) is 0 Å². The molecule has 3 aromatic carbocycles. The first kappa shape index (κ1) is 25.8. The summed E-state index contributed by atoms with van der Waals surface area (Å²) in [6.45, 7) is 4.06. The van der Waals surface area contributed by atoms with Crippen molar-refractivity contribution in [3.8, 4) is 11.5 Å². The van der Waals surface area contributed by atoms with E-state index in [9.17, 15) is 9.59 Å². The fourth-order valence-electron chi connectivity index (χ4n) is 3.71. The van der Waals surface area contributed by atoms with Crippen molar-refractivity contribution in [2.24, 2.45) is 0 Å². The molecule has 2 amide bonds. The van der Waals surface area contributed by atoms with Crippen LogP contribution in [0.15, 0.2) is 84.9 Å². The maximum Gasteiger partial charge on any atom is 0.261 e. The molecule has 0 aliphatic heterocycles. The fraction of sp³-hybridized carbons (Fsp3) is 0.310. The Labute approximate surface area is 207 Å². The molecule has 0 heterocycles. The Morgan fingerprint density at radius 1 is 0.886 bits per heavy atom. The summed E-state index contributed by atoms with van der Waals surface area (Å²) in [5, 5.41) is 3.07. The van der Waals surface area contributed by atoms with E-state index >= 15 is 0 Å². The van der Waals surface area contributed by atoms with Gasteiger partial charge in [-0.05, 0) is 48.7 Å². The Balaban J connectivity index is 1.92. The SMILES string of the molecule is CC[C@@H](C)NC(=O)[C@@H](Cc1ccccc1)N(Cc1cccc(OC)c1)C(=O)COc1ccccc1. The third kappa shape index (κ3) is 7.88. The first-order valence-electron chi connectivity index (χ1n) is 11.9. The molecule has 35 heavy (non-hydrogen) atoms. The summed E-state index contributed by atoms with van der Waals surface area (Å²) >= 11 is 0. The topological polar surface area (TPSA) is 67.9 Å². The number of nitrogens with zero attached hydrogens (tertiary/aromatic N) is 1.